The minimum absolute atomic E-state index is 0.459. The summed E-state index contributed by atoms with van der Waals surface area (Å²) in [5.74, 6) is 0. The predicted octanol–water partition coefficient (Wildman–Crippen LogP) is 2.03. The molecule has 2 aliphatic rings. The third kappa shape index (κ3) is 1.44. The first-order chi connectivity index (χ1) is 7.83. The maximum Gasteiger partial charge on any atom is 0.0994 e. The molecule has 0 amide bonds. The number of nitrogens with zero attached hydrogens (tertiary/aromatic N) is 1. The Labute approximate surface area is 96.3 Å². The van der Waals surface area contributed by atoms with Crippen molar-refractivity contribution in [3.05, 3.63) is 34.9 Å². The van der Waals surface area contributed by atoms with E-state index in [0.717, 1.165) is 25.1 Å². The van der Waals surface area contributed by atoms with Crippen LogP contribution in [0.25, 0.3) is 0 Å². The van der Waals surface area contributed by atoms with Crippen LogP contribution in [-0.2, 0) is 12.8 Å². The van der Waals surface area contributed by atoms with Gasteiger partial charge in [0, 0.05) is 0 Å². The third-order valence-corrected chi connectivity index (χ3v) is 4.17. The van der Waals surface area contributed by atoms with Crippen LogP contribution in [0, 0.1) is 16.7 Å². The quantitative estimate of drug-likeness (QED) is 0.714. The van der Waals surface area contributed by atoms with Gasteiger partial charge in [-0.1, -0.05) is 12.1 Å². The molecule has 16 heavy (non-hydrogen) atoms. The largest absolute Gasteiger partial charge is 0.317 e. The Morgan fingerprint density at radius 2 is 2.00 bits per heavy atom. The maximum absolute atomic E-state index is 9.13. The zero-order valence-electron chi connectivity index (χ0n) is 9.42. The van der Waals surface area contributed by atoms with E-state index in [1.54, 1.807) is 0 Å². The minimum atomic E-state index is 0.459. The van der Waals surface area contributed by atoms with Gasteiger partial charge in [0.05, 0.1) is 11.6 Å². The highest BCUT2D eigenvalue weighted by Gasteiger charge is 2.38. The van der Waals surface area contributed by atoms with Crippen molar-refractivity contribution in [1.29, 1.82) is 5.26 Å². The molecule has 82 valence electrons. The van der Waals surface area contributed by atoms with Crippen LogP contribution in [0.2, 0.25) is 0 Å². The lowest BCUT2D eigenvalue weighted by atomic mass is 9.76. The van der Waals surface area contributed by atoms with E-state index in [-0.39, 0.29) is 0 Å². The van der Waals surface area contributed by atoms with Gasteiger partial charge in [0.1, 0.15) is 0 Å². The number of benzene rings is 1. The Balaban J connectivity index is 1.97. The van der Waals surface area contributed by atoms with Crippen LogP contribution in [0.1, 0.15) is 29.5 Å². The van der Waals surface area contributed by atoms with Gasteiger partial charge in [-0.05, 0) is 61.4 Å². The number of hydrogen-bond donors (Lipinski definition) is 1. The van der Waals surface area contributed by atoms with E-state index in [4.69, 9.17) is 5.26 Å². The molecule has 0 aromatic heterocycles. The van der Waals surface area contributed by atoms with Gasteiger partial charge in [0.25, 0.3) is 0 Å². The van der Waals surface area contributed by atoms with Gasteiger partial charge < -0.3 is 5.32 Å². The number of nitrogens with one attached hydrogen (secondary N) is 1. The van der Waals surface area contributed by atoms with E-state index in [2.05, 4.69) is 17.5 Å². The van der Waals surface area contributed by atoms with E-state index in [1.165, 1.54) is 30.4 Å². The minimum Gasteiger partial charge on any atom is -0.317 e. The second-order valence-corrected chi connectivity index (χ2v) is 5.16. The molecule has 1 fully saturated rings. The fourth-order valence-corrected chi connectivity index (χ4v) is 3.27. The number of nitriles is 1. The van der Waals surface area contributed by atoms with Crippen LogP contribution >= 0.6 is 0 Å². The highest BCUT2D eigenvalue weighted by molar-refractivity contribution is 5.46. The number of piperidine rings is 1. The topological polar surface area (TPSA) is 35.8 Å². The summed E-state index contributed by atoms with van der Waals surface area (Å²) < 4.78 is 0. The van der Waals surface area contributed by atoms with Crippen LogP contribution in [-0.4, -0.2) is 13.1 Å². The maximum atomic E-state index is 9.13. The average Bonchev–Trinajstić information content (AvgIpc) is 2.67. The lowest BCUT2D eigenvalue weighted by molar-refractivity contribution is 0.216. The summed E-state index contributed by atoms with van der Waals surface area (Å²) in [6.07, 6.45) is 4.81. The van der Waals surface area contributed by atoms with Gasteiger partial charge in [-0.2, -0.15) is 5.26 Å². The van der Waals surface area contributed by atoms with Crippen molar-refractivity contribution in [2.45, 2.75) is 25.7 Å². The average molecular weight is 212 g/mol. The number of hydrogen-bond acceptors (Lipinski definition) is 2. The predicted molar refractivity (Wildman–Crippen MR) is 63.1 cm³/mol. The number of rotatable bonds is 0. The first-order valence-corrected chi connectivity index (χ1v) is 6.05. The van der Waals surface area contributed by atoms with E-state index in [9.17, 15) is 0 Å². The lowest BCUT2D eigenvalue weighted by Gasteiger charge is -2.33. The first kappa shape index (κ1) is 9.86. The molecule has 1 heterocycles. The van der Waals surface area contributed by atoms with E-state index < -0.39 is 0 Å². The van der Waals surface area contributed by atoms with Crippen LogP contribution in [0.3, 0.4) is 0 Å². The molecule has 1 aliphatic carbocycles. The van der Waals surface area contributed by atoms with Crippen LogP contribution in [0.4, 0.5) is 0 Å². The summed E-state index contributed by atoms with van der Waals surface area (Å²) in [7, 11) is 0. The molecule has 2 heteroatoms. The van der Waals surface area contributed by atoms with Gasteiger partial charge in [0.2, 0.25) is 0 Å². The van der Waals surface area contributed by atoms with Gasteiger partial charge >= 0.3 is 0 Å². The monoisotopic (exact) mass is 212 g/mol. The molecule has 1 aromatic rings. The lowest BCUT2D eigenvalue weighted by Crippen LogP contribution is -2.37. The summed E-state index contributed by atoms with van der Waals surface area (Å²) in [5, 5.41) is 12.6. The molecule has 1 N–H and O–H groups in total. The molecule has 0 unspecified atom stereocenters. The highest BCUT2D eigenvalue weighted by Crippen LogP contribution is 2.44. The Morgan fingerprint density at radius 3 is 2.75 bits per heavy atom. The van der Waals surface area contributed by atoms with Gasteiger partial charge in [-0.25, -0.2) is 0 Å². The smallest absolute Gasteiger partial charge is 0.0994 e. The van der Waals surface area contributed by atoms with Crippen molar-refractivity contribution in [2.24, 2.45) is 5.41 Å². The zero-order valence-corrected chi connectivity index (χ0v) is 9.42. The van der Waals surface area contributed by atoms with Crippen LogP contribution in [0.15, 0.2) is 18.2 Å². The first-order valence-electron chi connectivity index (χ1n) is 6.05. The summed E-state index contributed by atoms with van der Waals surface area (Å²) >= 11 is 0. The molecule has 1 aromatic carbocycles. The van der Waals surface area contributed by atoms with Crippen molar-refractivity contribution in [3.63, 3.8) is 0 Å². The zero-order chi connectivity index (χ0) is 11.0. The highest BCUT2D eigenvalue weighted by atomic mass is 14.9. The molecule has 1 aliphatic heterocycles. The number of fused-ring (bicyclic) bond motifs is 1. The van der Waals surface area contributed by atoms with Gasteiger partial charge in [-0.3, -0.25) is 0 Å². The van der Waals surface area contributed by atoms with Crippen molar-refractivity contribution in [2.75, 3.05) is 13.1 Å². The van der Waals surface area contributed by atoms with Gasteiger partial charge in [-0.15, -0.1) is 0 Å². The molecule has 0 atom stereocenters. The van der Waals surface area contributed by atoms with E-state index >= 15 is 0 Å². The van der Waals surface area contributed by atoms with Crippen LogP contribution < -0.4 is 5.32 Å². The fourth-order valence-electron chi connectivity index (χ4n) is 3.27. The van der Waals surface area contributed by atoms with Crippen LogP contribution in [0.5, 0.6) is 0 Å². The second-order valence-electron chi connectivity index (χ2n) is 5.16. The Morgan fingerprint density at radius 1 is 1.19 bits per heavy atom. The standard InChI is InChI=1S/C14H16N2/c15-10-12-3-1-2-11-8-14(9-13(11)12)4-6-16-7-5-14/h1-3,16H,4-9H2. The summed E-state index contributed by atoms with van der Waals surface area (Å²) in [6.45, 7) is 2.27. The molecular formula is C14H16N2. The molecule has 0 radical (unpaired) electrons. The Bertz CT molecular complexity index is 450. The SMILES string of the molecule is N#Cc1cccc2c1CC1(CCNCC1)C2. The van der Waals surface area contributed by atoms with E-state index in [0.29, 0.717) is 5.41 Å². The van der Waals surface area contributed by atoms with Gasteiger partial charge in [0.15, 0.2) is 0 Å². The Kier molecular flexibility index (Phi) is 2.22. The molecule has 1 spiro atoms. The molecule has 0 bridgehead atoms. The van der Waals surface area contributed by atoms with Crippen molar-refractivity contribution < 1.29 is 0 Å². The summed E-state index contributed by atoms with van der Waals surface area (Å²) in [5.41, 5.74) is 4.10. The molecule has 3 rings (SSSR count). The summed E-state index contributed by atoms with van der Waals surface area (Å²) in [4.78, 5) is 0. The molecule has 2 nitrogen and oxygen atoms in total. The fraction of sp³-hybridized carbons (Fsp3) is 0.500. The van der Waals surface area contributed by atoms with Crippen molar-refractivity contribution in [3.8, 4) is 6.07 Å². The van der Waals surface area contributed by atoms with Crippen molar-refractivity contribution >= 4 is 0 Å². The molecule has 0 saturated carbocycles. The third-order valence-electron chi connectivity index (χ3n) is 4.17. The molecule has 1 saturated heterocycles. The summed E-state index contributed by atoms with van der Waals surface area (Å²) in [6, 6.07) is 8.52. The van der Waals surface area contributed by atoms with E-state index in [1.807, 2.05) is 12.1 Å². The normalized spacial score (nSPS) is 21.7. The van der Waals surface area contributed by atoms with Crippen molar-refractivity contribution in [1.82, 2.24) is 5.32 Å². The molecular weight excluding hydrogens is 196 g/mol. The second kappa shape index (κ2) is 3.61. The Hall–Kier alpha value is -1.33.